The quantitative estimate of drug-likeness (QED) is 0.536. The third-order valence-corrected chi connectivity index (χ3v) is 6.78. The number of carbonyl (C=O) groups is 1. The smallest absolute Gasteiger partial charge is 0.417 e. The molecule has 1 aliphatic heterocycles. The van der Waals surface area contributed by atoms with Crippen LogP contribution in [0.1, 0.15) is 26.3 Å². The second-order valence-electron chi connectivity index (χ2n) is 7.91. The lowest BCUT2D eigenvalue weighted by atomic mass is 10.2. The van der Waals surface area contributed by atoms with Crippen LogP contribution in [0, 0.1) is 10.5 Å². The minimum atomic E-state index is -3.89. The standard InChI is InChI=1S/C21H24IN3O4S/c1-15-5-11-18(12-6-15)30(27,28)25-14-13-24(20(26)29-21(2,3)4)19(25)23-17-9-7-16(22)8-10-17/h5-12H,13-14H2,1-4H3. The Balaban J connectivity index is 2.04. The van der Waals surface area contributed by atoms with Gasteiger partial charge in [-0.1, -0.05) is 17.7 Å². The average molecular weight is 541 g/mol. The van der Waals surface area contributed by atoms with E-state index in [-0.39, 0.29) is 23.9 Å². The Kier molecular flexibility index (Phi) is 6.42. The van der Waals surface area contributed by atoms with Gasteiger partial charge in [-0.15, -0.1) is 0 Å². The Labute approximate surface area is 190 Å². The molecule has 0 bridgehead atoms. The maximum absolute atomic E-state index is 13.3. The van der Waals surface area contributed by atoms with Gasteiger partial charge in [-0.3, -0.25) is 0 Å². The Morgan fingerprint density at radius 2 is 1.63 bits per heavy atom. The number of ether oxygens (including phenoxy) is 1. The number of aliphatic imine (C=N–C) groups is 1. The zero-order chi connectivity index (χ0) is 22.1. The topological polar surface area (TPSA) is 79.3 Å². The molecule has 2 aromatic carbocycles. The molecule has 0 spiro atoms. The summed E-state index contributed by atoms with van der Waals surface area (Å²) < 4.78 is 34.3. The van der Waals surface area contributed by atoms with Crippen LogP contribution >= 0.6 is 22.6 Å². The molecule has 1 fully saturated rings. The van der Waals surface area contributed by atoms with Crippen molar-refractivity contribution in [2.24, 2.45) is 4.99 Å². The first kappa shape index (κ1) is 22.5. The highest BCUT2D eigenvalue weighted by Gasteiger charge is 2.40. The molecule has 0 unspecified atom stereocenters. The lowest BCUT2D eigenvalue weighted by molar-refractivity contribution is 0.0385. The minimum Gasteiger partial charge on any atom is -0.443 e. The van der Waals surface area contributed by atoms with E-state index < -0.39 is 21.7 Å². The summed E-state index contributed by atoms with van der Waals surface area (Å²) in [5.74, 6) is 0.0334. The largest absolute Gasteiger partial charge is 0.443 e. The second-order valence-corrected chi connectivity index (χ2v) is 11.0. The molecular weight excluding hydrogens is 517 g/mol. The highest BCUT2D eigenvalue weighted by Crippen LogP contribution is 2.26. The van der Waals surface area contributed by atoms with Crippen molar-refractivity contribution >= 4 is 50.4 Å². The molecule has 0 saturated carbocycles. The molecule has 3 rings (SSSR count). The van der Waals surface area contributed by atoms with Crippen LogP contribution in [0.5, 0.6) is 0 Å². The minimum absolute atomic E-state index is 0.0334. The lowest BCUT2D eigenvalue weighted by Gasteiger charge is -2.25. The lowest BCUT2D eigenvalue weighted by Crippen LogP contribution is -2.42. The van der Waals surface area contributed by atoms with Crippen LogP contribution in [0.4, 0.5) is 10.5 Å². The molecule has 9 heteroatoms. The fraction of sp³-hybridized carbons (Fsp3) is 0.333. The van der Waals surface area contributed by atoms with E-state index in [9.17, 15) is 13.2 Å². The van der Waals surface area contributed by atoms with Crippen molar-refractivity contribution in [3.05, 3.63) is 57.7 Å². The van der Waals surface area contributed by atoms with Gasteiger partial charge >= 0.3 is 6.09 Å². The third kappa shape index (κ3) is 5.12. The van der Waals surface area contributed by atoms with Gasteiger partial charge in [0.1, 0.15) is 5.60 Å². The number of halogens is 1. The fourth-order valence-corrected chi connectivity index (χ4v) is 4.60. The van der Waals surface area contributed by atoms with Crippen molar-refractivity contribution in [3.8, 4) is 0 Å². The number of guanidine groups is 1. The van der Waals surface area contributed by atoms with E-state index >= 15 is 0 Å². The molecule has 30 heavy (non-hydrogen) atoms. The molecule has 1 aliphatic rings. The Bertz CT molecular complexity index is 1060. The fourth-order valence-electron chi connectivity index (χ4n) is 2.83. The van der Waals surface area contributed by atoms with Gasteiger partial charge in [0, 0.05) is 3.57 Å². The van der Waals surface area contributed by atoms with E-state index in [0.717, 1.165) is 9.13 Å². The number of amides is 1. The van der Waals surface area contributed by atoms with Crippen molar-refractivity contribution in [2.75, 3.05) is 13.1 Å². The van der Waals surface area contributed by atoms with Crippen molar-refractivity contribution in [2.45, 2.75) is 38.2 Å². The number of nitrogens with zero attached hydrogens (tertiary/aromatic N) is 3. The Morgan fingerprint density at radius 3 is 2.20 bits per heavy atom. The van der Waals surface area contributed by atoms with Crippen molar-refractivity contribution in [1.29, 1.82) is 0 Å². The third-order valence-electron chi connectivity index (χ3n) is 4.27. The normalized spacial score (nSPS) is 16.2. The molecule has 0 atom stereocenters. The predicted molar refractivity (Wildman–Crippen MR) is 124 cm³/mol. The molecule has 1 heterocycles. The summed E-state index contributed by atoms with van der Waals surface area (Å²) in [6.45, 7) is 7.43. The van der Waals surface area contributed by atoms with Gasteiger partial charge in [-0.05, 0) is 86.7 Å². The monoisotopic (exact) mass is 541 g/mol. The zero-order valence-corrected chi connectivity index (χ0v) is 20.3. The number of benzene rings is 2. The van der Waals surface area contributed by atoms with Gasteiger partial charge in [-0.2, -0.15) is 0 Å². The van der Waals surface area contributed by atoms with E-state index in [1.54, 1.807) is 57.2 Å². The molecule has 7 nitrogen and oxygen atoms in total. The molecular formula is C21H24IN3O4S. The maximum atomic E-state index is 13.3. The van der Waals surface area contributed by atoms with Gasteiger partial charge in [0.05, 0.1) is 23.7 Å². The number of carbonyl (C=O) groups excluding carboxylic acids is 1. The average Bonchev–Trinajstić information content (AvgIpc) is 3.07. The number of hydrogen-bond donors (Lipinski definition) is 0. The molecule has 0 aliphatic carbocycles. The second kappa shape index (κ2) is 8.54. The number of rotatable bonds is 3. The summed E-state index contributed by atoms with van der Waals surface area (Å²) in [6, 6.07) is 13.9. The van der Waals surface area contributed by atoms with E-state index in [2.05, 4.69) is 27.6 Å². The first-order valence-electron chi connectivity index (χ1n) is 9.41. The van der Waals surface area contributed by atoms with Gasteiger partial charge in [0.15, 0.2) is 0 Å². The van der Waals surface area contributed by atoms with Crippen molar-refractivity contribution in [1.82, 2.24) is 9.21 Å². The van der Waals surface area contributed by atoms with Crippen LogP contribution in [-0.2, 0) is 14.8 Å². The number of aryl methyl sites for hydroxylation is 1. The number of sulfonamides is 1. The van der Waals surface area contributed by atoms with E-state index in [1.165, 1.54) is 9.21 Å². The SMILES string of the molecule is Cc1ccc(S(=O)(=O)N2CCN(C(=O)OC(C)(C)C)C2=Nc2ccc(I)cc2)cc1. The molecule has 0 aromatic heterocycles. The summed E-state index contributed by atoms with van der Waals surface area (Å²) in [6.07, 6.45) is -0.631. The molecule has 0 radical (unpaired) electrons. The van der Waals surface area contributed by atoms with Crippen molar-refractivity contribution in [3.63, 3.8) is 0 Å². The van der Waals surface area contributed by atoms with Gasteiger partial charge in [0.2, 0.25) is 5.96 Å². The van der Waals surface area contributed by atoms with Crippen LogP contribution in [0.25, 0.3) is 0 Å². The van der Waals surface area contributed by atoms with E-state index in [1.807, 2.05) is 19.1 Å². The highest BCUT2D eigenvalue weighted by molar-refractivity contribution is 14.1. The van der Waals surface area contributed by atoms with Gasteiger partial charge in [0.25, 0.3) is 10.0 Å². The highest BCUT2D eigenvalue weighted by atomic mass is 127. The zero-order valence-electron chi connectivity index (χ0n) is 17.3. The summed E-state index contributed by atoms with van der Waals surface area (Å²) >= 11 is 2.18. The maximum Gasteiger partial charge on any atom is 0.417 e. The molecule has 1 saturated heterocycles. The summed E-state index contributed by atoms with van der Waals surface area (Å²) in [7, 11) is -3.89. The first-order chi connectivity index (χ1) is 14.0. The van der Waals surface area contributed by atoms with Crippen LogP contribution in [0.2, 0.25) is 0 Å². The predicted octanol–water partition coefficient (Wildman–Crippen LogP) is 4.53. The Morgan fingerprint density at radius 1 is 1.03 bits per heavy atom. The van der Waals surface area contributed by atoms with E-state index in [4.69, 9.17) is 4.74 Å². The van der Waals surface area contributed by atoms with E-state index in [0.29, 0.717) is 5.69 Å². The first-order valence-corrected chi connectivity index (χ1v) is 11.9. The van der Waals surface area contributed by atoms with Gasteiger partial charge in [-0.25, -0.2) is 27.4 Å². The van der Waals surface area contributed by atoms with Crippen LogP contribution < -0.4 is 0 Å². The molecule has 0 N–H and O–H groups in total. The van der Waals surface area contributed by atoms with Gasteiger partial charge < -0.3 is 4.74 Å². The summed E-state index contributed by atoms with van der Waals surface area (Å²) in [5, 5.41) is 0. The molecule has 160 valence electrons. The number of hydrogen-bond acceptors (Lipinski definition) is 5. The van der Waals surface area contributed by atoms with Crippen molar-refractivity contribution < 1.29 is 17.9 Å². The molecule has 2 aromatic rings. The summed E-state index contributed by atoms with van der Waals surface area (Å²) in [4.78, 5) is 18.7. The van der Waals surface area contributed by atoms with Crippen LogP contribution in [0.3, 0.4) is 0 Å². The Hall–Kier alpha value is -2.14. The van der Waals surface area contributed by atoms with Crippen LogP contribution in [0.15, 0.2) is 58.4 Å². The molecule has 1 amide bonds. The van der Waals surface area contributed by atoms with Crippen LogP contribution in [-0.4, -0.2) is 48.4 Å². The summed E-state index contributed by atoms with van der Waals surface area (Å²) in [5.41, 5.74) is 0.789.